The maximum atomic E-state index is 13.8. The minimum absolute atomic E-state index is 0.117. The molecular weight excluding hydrogens is 241 g/mol. The van der Waals surface area contributed by atoms with Gasteiger partial charge in [0.05, 0.1) is 5.69 Å². The van der Waals surface area contributed by atoms with Crippen LogP contribution in [0.4, 0.5) is 10.1 Å². The Kier molecular flexibility index (Phi) is 3.46. The lowest BCUT2D eigenvalue weighted by atomic mass is 9.75. The van der Waals surface area contributed by atoms with Gasteiger partial charge in [0.1, 0.15) is 5.82 Å². The molecule has 1 saturated heterocycles. The second-order valence-corrected chi connectivity index (χ2v) is 5.71. The van der Waals surface area contributed by atoms with Gasteiger partial charge in [0.15, 0.2) is 0 Å². The molecule has 1 aromatic carbocycles. The number of rotatable bonds is 3. The molecule has 1 aliphatic heterocycles. The topological polar surface area (TPSA) is 32.5 Å². The fourth-order valence-corrected chi connectivity index (χ4v) is 3.36. The summed E-state index contributed by atoms with van der Waals surface area (Å²) in [5, 5.41) is 0. The van der Waals surface area contributed by atoms with Crippen molar-refractivity contribution in [3.05, 3.63) is 30.1 Å². The van der Waals surface area contributed by atoms with Crippen molar-refractivity contribution >= 4 is 5.69 Å². The third-order valence-corrected chi connectivity index (χ3v) is 4.81. The minimum Gasteiger partial charge on any atom is -0.367 e. The van der Waals surface area contributed by atoms with Crippen LogP contribution in [-0.4, -0.2) is 43.2 Å². The van der Waals surface area contributed by atoms with Gasteiger partial charge in [-0.05, 0) is 31.4 Å². The average molecular weight is 263 g/mol. The van der Waals surface area contributed by atoms with E-state index in [1.165, 1.54) is 25.3 Å². The Morgan fingerprint density at radius 2 is 1.79 bits per heavy atom. The van der Waals surface area contributed by atoms with Crippen molar-refractivity contribution in [2.45, 2.75) is 24.8 Å². The number of hydrogen-bond acceptors (Lipinski definition) is 3. The zero-order valence-electron chi connectivity index (χ0n) is 11.3. The predicted octanol–water partition coefficient (Wildman–Crippen LogP) is 1.83. The van der Waals surface area contributed by atoms with Gasteiger partial charge in [-0.25, -0.2) is 4.39 Å². The van der Waals surface area contributed by atoms with E-state index in [0.29, 0.717) is 0 Å². The van der Waals surface area contributed by atoms with Gasteiger partial charge in [0, 0.05) is 38.3 Å². The zero-order valence-corrected chi connectivity index (χ0v) is 11.3. The maximum absolute atomic E-state index is 13.8. The second-order valence-electron chi connectivity index (χ2n) is 5.71. The molecule has 2 aliphatic rings. The lowest BCUT2D eigenvalue weighted by Crippen LogP contribution is -2.63. The number of nitrogens with two attached hydrogens (primary N) is 1. The number of nitrogens with zero attached hydrogens (tertiary/aromatic N) is 2. The van der Waals surface area contributed by atoms with E-state index < -0.39 is 0 Å². The lowest BCUT2D eigenvalue weighted by Gasteiger charge is -2.52. The van der Waals surface area contributed by atoms with Crippen LogP contribution in [0.2, 0.25) is 0 Å². The number of para-hydroxylation sites is 1. The van der Waals surface area contributed by atoms with Crippen LogP contribution in [0.3, 0.4) is 0 Å². The van der Waals surface area contributed by atoms with E-state index in [9.17, 15) is 4.39 Å². The molecule has 3 nitrogen and oxygen atoms in total. The first-order valence-corrected chi connectivity index (χ1v) is 7.20. The molecule has 3 rings (SSSR count). The predicted molar refractivity (Wildman–Crippen MR) is 75.8 cm³/mol. The molecule has 0 unspecified atom stereocenters. The number of hydrogen-bond donors (Lipinski definition) is 1. The molecular formula is C15H22FN3. The first-order chi connectivity index (χ1) is 9.25. The molecule has 0 bridgehead atoms. The molecule has 1 aliphatic carbocycles. The SMILES string of the molecule is NCC1(N2CCN(c3ccccc3F)CC2)CCC1. The van der Waals surface area contributed by atoms with Gasteiger partial charge in [-0.1, -0.05) is 12.1 Å². The summed E-state index contributed by atoms with van der Waals surface area (Å²) < 4.78 is 13.8. The highest BCUT2D eigenvalue weighted by molar-refractivity contribution is 5.48. The van der Waals surface area contributed by atoms with Gasteiger partial charge in [-0.15, -0.1) is 0 Å². The molecule has 2 fully saturated rings. The molecule has 0 aromatic heterocycles. The fourth-order valence-electron chi connectivity index (χ4n) is 3.36. The molecule has 1 aromatic rings. The van der Waals surface area contributed by atoms with E-state index >= 15 is 0 Å². The largest absolute Gasteiger partial charge is 0.367 e. The summed E-state index contributed by atoms with van der Waals surface area (Å²) in [5.41, 5.74) is 6.94. The first kappa shape index (κ1) is 12.9. The standard InChI is InChI=1S/C15H22FN3/c16-13-4-1-2-5-14(13)18-8-10-19(11-9-18)15(12-17)6-3-7-15/h1-2,4-5H,3,6-12,17H2. The van der Waals surface area contributed by atoms with Crippen LogP contribution in [0.15, 0.2) is 24.3 Å². The number of anilines is 1. The van der Waals surface area contributed by atoms with Crippen molar-refractivity contribution in [1.82, 2.24) is 4.90 Å². The maximum Gasteiger partial charge on any atom is 0.146 e. The lowest BCUT2D eigenvalue weighted by molar-refractivity contribution is 0.0191. The van der Waals surface area contributed by atoms with Crippen molar-refractivity contribution in [2.75, 3.05) is 37.6 Å². The van der Waals surface area contributed by atoms with Crippen molar-refractivity contribution < 1.29 is 4.39 Å². The van der Waals surface area contributed by atoms with Crippen LogP contribution < -0.4 is 10.6 Å². The minimum atomic E-state index is -0.117. The summed E-state index contributed by atoms with van der Waals surface area (Å²) in [6.45, 7) is 4.52. The third kappa shape index (κ3) is 2.23. The number of piperazine rings is 1. The van der Waals surface area contributed by atoms with Crippen LogP contribution in [0.5, 0.6) is 0 Å². The Balaban J connectivity index is 1.65. The van der Waals surface area contributed by atoms with Gasteiger partial charge >= 0.3 is 0 Å². The number of benzene rings is 1. The van der Waals surface area contributed by atoms with E-state index in [4.69, 9.17) is 5.73 Å². The van der Waals surface area contributed by atoms with Gasteiger partial charge in [0.25, 0.3) is 0 Å². The Labute approximate surface area is 114 Å². The smallest absolute Gasteiger partial charge is 0.146 e. The van der Waals surface area contributed by atoms with Gasteiger partial charge in [-0.2, -0.15) is 0 Å². The summed E-state index contributed by atoms with van der Waals surface area (Å²) in [5.74, 6) is -0.117. The fraction of sp³-hybridized carbons (Fsp3) is 0.600. The molecule has 19 heavy (non-hydrogen) atoms. The summed E-state index contributed by atoms with van der Waals surface area (Å²) in [6, 6.07) is 7.05. The molecule has 2 N–H and O–H groups in total. The van der Waals surface area contributed by atoms with Crippen molar-refractivity contribution in [3.63, 3.8) is 0 Å². The third-order valence-electron chi connectivity index (χ3n) is 4.81. The molecule has 4 heteroatoms. The van der Waals surface area contributed by atoms with Crippen LogP contribution >= 0.6 is 0 Å². The average Bonchev–Trinajstić information content (AvgIpc) is 2.40. The molecule has 1 saturated carbocycles. The van der Waals surface area contributed by atoms with Gasteiger partial charge in [0.2, 0.25) is 0 Å². The Morgan fingerprint density at radius 1 is 1.11 bits per heavy atom. The van der Waals surface area contributed by atoms with Crippen LogP contribution in [0, 0.1) is 5.82 Å². The molecule has 0 spiro atoms. The van der Waals surface area contributed by atoms with E-state index in [-0.39, 0.29) is 11.4 Å². The quantitative estimate of drug-likeness (QED) is 0.903. The normalized spacial score (nSPS) is 23.2. The van der Waals surface area contributed by atoms with E-state index in [2.05, 4.69) is 9.80 Å². The summed E-state index contributed by atoms with van der Waals surface area (Å²) in [7, 11) is 0. The Bertz CT molecular complexity index is 431. The van der Waals surface area contributed by atoms with Crippen molar-refractivity contribution in [2.24, 2.45) is 5.73 Å². The summed E-state index contributed by atoms with van der Waals surface area (Å²) >= 11 is 0. The molecule has 1 heterocycles. The van der Waals surface area contributed by atoms with E-state index in [0.717, 1.165) is 38.4 Å². The monoisotopic (exact) mass is 263 g/mol. The van der Waals surface area contributed by atoms with E-state index in [1.807, 2.05) is 12.1 Å². The van der Waals surface area contributed by atoms with Gasteiger partial charge in [-0.3, -0.25) is 4.90 Å². The van der Waals surface area contributed by atoms with Gasteiger partial charge < -0.3 is 10.6 Å². The van der Waals surface area contributed by atoms with Crippen LogP contribution in [0.25, 0.3) is 0 Å². The zero-order chi connectivity index (χ0) is 13.3. The van der Waals surface area contributed by atoms with Crippen LogP contribution in [0.1, 0.15) is 19.3 Å². The summed E-state index contributed by atoms with van der Waals surface area (Å²) in [4.78, 5) is 4.67. The Hall–Kier alpha value is -1.13. The number of halogens is 1. The summed E-state index contributed by atoms with van der Waals surface area (Å²) in [6.07, 6.45) is 3.75. The molecule has 0 radical (unpaired) electrons. The van der Waals surface area contributed by atoms with Crippen LogP contribution in [-0.2, 0) is 0 Å². The molecule has 0 amide bonds. The van der Waals surface area contributed by atoms with Crippen molar-refractivity contribution in [1.29, 1.82) is 0 Å². The highest BCUT2D eigenvalue weighted by Gasteiger charge is 2.42. The van der Waals surface area contributed by atoms with Crippen molar-refractivity contribution in [3.8, 4) is 0 Å². The molecule has 0 atom stereocenters. The Morgan fingerprint density at radius 3 is 2.32 bits per heavy atom. The molecule has 104 valence electrons. The first-order valence-electron chi connectivity index (χ1n) is 7.20. The second kappa shape index (κ2) is 5.10. The highest BCUT2D eigenvalue weighted by Crippen LogP contribution is 2.37. The highest BCUT2D eigenvalue weighted by atomic mass is 19.1. The van der Waals surface area contributed by atoms with E-state index in [1.54, 1.807) is 6.07 Å².